The number of hydrogen-bond acceptors (Lipinski definition) is 8. The fourth-order valence-electron chi connectivity index (χ4n) is 3.64. The van der Waals surface area contributed by atoms with Crippen LogP contribution in [0.25, 0.3) is 16.6 Å². The van der Waals surface area contributed by atoms with Crippen molar-refractivity contribution in [3.05, 3.63) is 69.7 Å². The number of aromatic amines is 1. The first-order valence-electron chi connectivity index (χ1n) is 9.96. The van der Waals surface area contributed by atoms with Gasteiger partial charge in [0, 0.05) is 25.2 Å². The lowest BCUT2D eigenvalue weighted by molar-refractivity contribution is -0.384. The highest BCUT2D eigenvalue weighted by atomic mass is 16.6. The van der Waals surface area contributed by atoms with E-state index < -0.39 is 23.3 Å². The lowest BCUT2D eigenvalue weighted by Gasteiger charge is -2.20. The molecule has 162 valence electrons. The summed E-state index contributed by atoms with van der Waals surface area (Å²) in [5.41, 5.74) is 1.49. The van der Waals surface area contributed by atoms with Crippen LogP contribution in [-0.2, 0) is 4.74 Å². The normalized spacial score (nSPS) is 14.2. The highest BCUT2D eigenvalue weighted by Gasteiger charge is 2.24. The van der Waals surface area contributed by atoms with Gasteiger partial charge in [-0.25, -0.2) is 9.78 Å². The zero-order valence-electron chi connectivity index (χ0n) is 16.9. The smallest absolute Gasteiger partial charge is 0.340 e. The number of aromatic nitrogens is 2. The van der Waals surface area contributed by atoms with E-state index in [1.165, 1.54) is 18.2 Å². The van der Waals surface area contributed by atoms with Crippen molar-refractivity contribution >= 4 is 34.0 Å². The summed E-state index contributed by atoms with van der Waals surface area (Å²) in [5, 5.41) is 31.1. The Morgan fingerprint density at radius 2 is 2.03 bits per heavy atom. The lowest BCUT2D eigenvalue weighted by atomic mass is 10.1. The van der Waals surface area contributed by atoms with Crippen LogP contribution in [0.2, 0.25) is 0 Å². The summed E-state index contributed by atoms with van der Waals surface area (Å²) in [5.74, 6) is -1.16. The predicted octanol–water partition coefficient (Wildman–Crippen LogP) is 3.72. The molecule has 0 aliphatic carbocycles. The zero-order chi connectivity index (χ0) is 22.7. The van der Waals surface area contributed by atoms with Crippen LogP contribution in [0, 0.1) is 21.4 Å². The van der Waals surface area contributed by atoms with Crippen LogP contribution in [-0.4, -0.2) is 45.7 Å². The Kier molecular flexibility index (Phi) is 5.72. The predicted molar refractivity (Wildman–Crippen MR) is 116 cm³/mol. The van der Waals surface area contributed by atoms with Crippen LogP contribution in [0.15, 0.2) is 48.2 Å². The third kappa shape index (κ3) is 4.09. The molecule has 10 nitrogen and oxygen atoms in total. The summed E-state index contributed by atoms with van der Waals surface area (Å²) in [6.07, 6.45) is 1.91. The van der Waals surface area contributed by atoms with Gasteiger partial charge in [0.05, 0.1) is 27.2 Å². The zero-order valence-corrected chi connectivity index (χ0v) is 16.9. The number of benzene rings is 2. The molecular formula is C22H19N5O5. The quantitative estimate of drug-likeness (QED) is 0.197. The molecule has 0 amide bonds. The molecule has 1 aliphatic rings. The van der Waals surface area contributed by atoms with Gasteiger partial charge < -0.3 is 19.7 Å². The van der Waals surface area contributed by atoms with Gasteiger partial charge in [0.1, 0.15) is 18.2 Å². The van der Waals surface area contributed by atoms with Crippen molar-refractivity contribution in [2.24, 2.45) is 0 Å². The molecule has 1 fully saturated rings. The topological polar surface area (TPSA) is 145 Å². The molecule has 2 heterocycles. The largest absolute Gasteiger partial charge is 0.507 e. The number of nitriles is 1. The number of aliphatic hydroxyl groups is 1. The van der Waals surface area contributed by atoms with E-state index in [0.29, 0.717) is 16.7 Å². The molecule has 0 saturated carbocycles. The van der Waals surface area contributed by atoms with Gasteiger partial charge in [-0.05, 0) is 31.0 Å². The molecule has 3 aromatic rings. The average Bonchev–Trinajstić information content (AvgIpc) is 3.47. The summed E-state index contributed by atoms with van der Waals surface area (Å²) < 4.78 is 5.21. The average molecular weight is 433 g/mol. The molecule has 1 aromatic heterocycles. The van der Waals surface area contributed by atoms with Crippen LogP contribution in [0.5, 0.6) is 0 Å². The number of aliphatic hydroxyl groups excluding tert-OH is 1. The first kappa shape index (κ1) is 20.9. The van der Waals surface area contributed by atoms with E-state index in [-0.39, 0.29) is 22.6 Å². The van der Waals surface area contributed by atoms with E-state index in [9.17, 15) is 25.3 Å². The molecule has 1 saturated heterocycles. The van der Waals surface area contributed by atoms with Crippen LogP contribution >= 0.6 is 0 Å². The number of nitro benzene ring substituents is 1. The monoisotopic (exact) mass is 433 g/mol. The molecule has 4 rings (SSSR count). The Hall–Kier alpha value is -4.39. The van der Waals surface area contributed by atoms with Gasteiger partial charge in [0.25, 0.3) is 5.69 Å². The van der Waals surface area contributed by atoms with Gasteiger partial charge in [-0.2, -0.15) is 5.26 Å². The highest BCUT2D eigenvalue weighted by Crippen LogP contribution is 2.29. The van der Waals surface area contributed by atoms with Crippen LogP contribution < -0.4 is 4.90 Å². The number of allylic oxidation sites excluding steroid dienone is 1. The Morgan fingerprint density at radius 1 is 1.28 bits per heavy atom. The summed E-state index contributed by atoms with van der Waals surface area (Å²) in [6, 6.07) is 13.0. The number of fused-ring (bicyclic) bond motifs is 1. The van der Waals surface area contributed by atoms with Gasteiger partial charge in [0.2, 0.25) is 0 Å². The van der Waals surface area contributed by atoms with E-state index in [0.717, 1.165) is 25.9 Å². The molecule has 10 heteroatoms. The van der Waals surface area contributed by atoms with Crippen LogP contribution in [0.3, 0.4) is 0 Å². The molecule has 0 radical (unpaired) electrons. The second-order valence-corrected chi connectivity index (χ2v) is 7.26. The van der Waals surface area contributed by atoms with E-state index in [2.05, 4.69) is 9.97 Å². The van der Waals surface area contributed by atoms with Crippen LogP contribution in [0.1, 0.15) is 29.0 Å². The maximum atomic E-state index is 12.8. The van der Waals surface area contributed by atoms with Gasteiger partial charge in [-0.3, -0.25) is 10.1 Å². The molecule has 2 N–H and O–H groups in total. The number of rotatable bonds is 6. The van der Waals surface area contributed by atoms with Crippen molar-refractivity contribution < 1.29 is 19.6 Å². The van der Waals surface area contributed by atoms with Crippen molar-refractivity contribution in [3.63, 3.8) is 0 Å². The first-order valence-corrected chi connectivity index (χ1v) is 9.96. The number of anilines is 1. The van der Waals surface area contributed by atoms with E-state index in [1.54, 1.807) is 24.3 Å². The molecular weight excluding hydrogens is 414 g/mol. The highest BCUT2D eigenvalue weighted by molar-refractivity contribution is 5.97. The Morgan fingerprint density at radius 3 is 2.72 bits per heavy atom. The van der Waals surface area contributed by atoms with Gasteiger partial charge in [-0.15, -0.1) is 0 Å². The number of imidazole rings is 1. The summed E-state index contributed by atoms with van der Waals surface area (Å²) in [6.45, 7) is 0.878. The summed E-state index contributed by atoms with van der Waals surface area (Å²) in [4.78, 5) is 32.5. The fourth-order valence-corrected chi connectivity index (χ4v) is 3.64. The van der Waals surface area contributed by atoms with E-state index >= 15 is 0 Å². The van der Waals surface area contributed by atoms with Crippen molar-refractivity contribution in [2.45, 2.75) is 12.8 Å². The van der Waals surface area contributed by atoms with E-state index in [4.69, 9.17) is 4.74 Å². The number of carbonyl (C=O) groups excluding carboxylic acids is 1. The minimum Gasteiger partial charge on any atom is -0.507 e. The molecule has 2 aromatic carbocycles. The molecule has 0 bridgehead atoms. The number of carbonyl (C=O) groups is 1. The number of esters is 1. The maximum absolute atomic E-state index is 12.8. The number of nitrogens with one attached hydrogen (secondary N) is 1. The third-order valence-corrected chi connectivity index (χ3v) is 5.22. The minimum atomic E-state index is -0.830. The number of H-pyrrole nitrogens is 1. The number of nitro groups is 1. The Labute approximate surface area is 182 Å². The summed E-state index contributed by atoms with van der Waals surface area (Å²) in [7, 11) is 0. The van der Waals surface area contributed by atoms with Crippen molar-refractivity contribution in [1.82, 2.24) is 9.97 Å². The standard InChI is InChI=1S/C22H19N5O5/c23-12-16(21-24-17-5-1-2-6-18(17)25-21)20(28)13-32-22(29)15-11-14(27(30)31)7-8-19(15)26-9-3-4-10-26/h1-2,5-8,11,28H,3-4,9-10,13H2,(H,24,25)/b20-16-. The molecule has 0 atom stereocenters. The molecule has 0 unspecified atom stereocenters. The second-order valence-electron chi connectivity index (χ2n) is 7.26. The van der Waals surface area contributed by atoms with Crippen molar-refractivity contribution in [3.8, 4) is 6.07 Å². The van der Waals surface area contributed by atoms with Gasteiger partial charge in [0.15, 0.2) is 11.6 Å². The van der Waals surface area contributed by atoms with Crippen molar-refractivity contribution in [2.75, 3.05) is 24.6 Å². The third-order valence-electron chi connectivity index (χ3n) is 5.22. The molecule has 1 aliphatic heterocycles. The van der Waals surface area contributed by atoms with Crippen molar-refractivity contribution in [1.29, 1.82) is 5.26 Å². The number of para-hydroxylation sites is 2. The number of non-ortho nitro benzene ring substituents is 1. The van der Waals surface area contributed by atoms with Gasteiger partial charge >= 0.3 is 5.97 Å². The summed E-state index contributed by atoms with van der Waals surface area (Å²) >= 11 is 0. The van der Waals surface area contributed by atoms with Gasteiger partial charge in [-0.1, -0.05) is 12.1 Å². The SMILES string of the molecule is N#C/C(=C(/O)COC(=O)c1cc([N+](=O)[O-])ccc1N1CCCC1)c1nc2ccccc2[nH]1. The maximum Gasteiger partial charge on any atom is 0.340 e. The number of hydrogen-bond donors (Lipinski definition) is 2. The lowest BCUT2D eigenvalue weighted by Crippen LogP contribution is -2.22. The Bertz CT molecular complexity index is 1230. The number of ether oxygens (including phenoxy) is 1. The second kappa shape index (κ2) is 8.77. The molecule has 0 spiro atoms. The number of nitrogens with zero attached hydrogens (tertiary/aromatic N) is 4. The molecule has 32 heavy (non-hydrogen) atoms. The van der Waals surface area contributed by atoms with Crippen LogP contribution in [0.4, 0.5) is 11.4 Å². The minimum absolute atomic E-state index is 0.0381. The first-order chi connectivity index (χ1) is 15.5. The van der Waals surface area contributed by atoms with E-state index in [1.807, 2.05) is 11.0 Å². The Balaban J connectivity index is 1.58. The fraction of sp³-hybridized carbons (Fsp3) is 0.227.